The van der Waals surface area contributed by atoms with Crippen molar-refractivity contribution in [2.24, 2.45) is 0 Å². The molecule has 0 spiro atoms. The first kappa shape index (κ1) is 13.1. The molecule has 0 unspecified atom stereocenters. The van der Waals surface area contributed by atoms with Crippen molar-refractivity contribution in [1.82, 2.24) is 5.32 Å². The summed E-state index contributed by atoms with van der Waals surface area (Å²) in [5.74, 6) is -1.01. The summed E-state index contributed by atoms with van der Waals surface area (Å²) in [5.41, 5.74) is 7.01. The van der Waals surface area contributed by atoms with Gasteiger partial charge >= 0.3 is 0 Å². The maximum Gasteiger partial charge on any atom is 0.254 e. The smallest absolute Gasteiger partial charge is 0.254 e. The largest absolute Gasteiger partial charge is 0.399 e. The number of amides is 1. The summed E-state index contributed by atoms with van der Waals surface area (Å²) < 4.78 is 13.5. The Morgan fingerprint density at radius 1 is 1.16 bits per heavy atom. The van der Waals surface area contributed by atoms with Crippen LogP contribution in [0.4, 0.5) is 10.1 Å². The molecule has 2 aromatic rings. The van der Waals surface area contributed by atoms with Gasteiger partial charge < -0.3 is 11.1 Å². The summed E-state index contributed by atoms with van der Waals surface area (Å²) in [6.07, 6.45) is 0.705. The molecule has 0 fully saturated rings. The third-order valence-electron chi connectivity index (χ3n) is 2.78. The molecule has 0 saturated heterocycles. The van der Waals surface area contributed by atoms with Gasteiger partial charge in [0.25, 0.3) is 5.91 Å². The Kier molecular flexibility index (Phi) is 4.13. The molecule has 0 radical (unpaired) electrons. The van der Waals surface area contributed by atoms with Gasteiger partial charge in [0, 0.05) is 12.2 Å². The lowest BCUT2D eigenvalue weighted by Crippen LogP contribution is -2.26. The van der Waals surface area contributed by atoms with Crippen LogP contribution in [-0.4, -0.2) is 12.5 Å². The molecule has 2 rings (SSSR count). The topological polar surface area (TPSA) is 55.1 Å². The number of nitrogen functional groups attached to an aromatic ring is 1. The lowest BCUT2D eigenvalue weighted by atomic mass is 10.1. The zero-order chi connectivity index (χ0) is 13.7. The van der Waals surface area contributed by atoms with E-state index in [4.69, 9.17) is 5.73 Å². The summed E-state index contributed by atoms with van der Waals surface area (Å²) in [7, 11) is 0. The van der Waals surface area contributed by atoms with Crippen molar-refractivity contribution in [3.63, 3.8) is 0 Å². The number of nitrogens with one attached hydrogen (secondary N) is 1. The van der Waals surface area contributed by atoms with Crippen LogP contribution in [0.1, 0.15) is 15.9 Å². The minimum absolute atomic E-state index is 0.0203. The highest BCUT2D eigenvalue weighted by Crippen LogP contribution is 2.11. The van der Waals surface area contributed by atoms with E-state index in [-0.39, 0.29) is 5.56 Å². The van der Waals surface area contributed by atoms with Crippen molar-refractivity contribution in [3.05, 3.63) is 65.5 Å². The van der Waals surface area contributed by atoms with E-state index in [2.05, 4.69) is 5.32 Å². The standard InChI is InChI=1S/C15H15FN2O/c16-14-7-6-12(17)10-13(14)15(19)18-9-8-11-4-2-1-3-5-11/h1-7,10H,8-9,17H2,(H,18,19). The molecule has 0 bridgehead atoms. The van der Waals surface area contributed by atoms with Gasteiger partial charge in [-0.1, -0.05) is 30.3 Å². The van der Waals surface area contributed by atoms with Gasteiger partial charge in [-0.3, -0.25) is 4.79 Å². The molecule has 0 aliphatic carbocycles. The molecular weight excluding hydrogens is 243 g/mol. The van der Waals surface area contributed by atoms with Gasteiger partial charge in [0.15, 0.2) is 0 Å². The first-order chi connectivity index (χ1) is 9.16. The molecule has 0 heterocycles. The van der Waals surface area contributed by atoms with E-state index in [9.17, 15) is 9.18 Å². The normalized spacial score (nSPS) is 10.2. The number of anilines is 1. The lowest BCUT2D eigenvalue weighted by Gasteiger charge is -2.07. The van der Waals surface area contributed by atoms with E-state index in [1.165, 1.54) is 18.2 Å². The number of halogens is 1. The maximum atomic E-state index is 13.5. The van der Waals surface area contributed by atoms with Gasteiger partial charge in [-0.2, -0.15) is 0 Å². The SMILES string of the molecule is Nc1ccc(F)c(C(=O)NCCc2ccccc2)c1. The Morgan fingerprint density at radius 2 is 1.89 bits per heavy atom. The number of benzene rings is 2. The number of carbonyl (C=O) groups is 1. The van der Waals surface area contributed by atoms with Gasteiger partial charge in [0.2, 0.25) is 0 Å². The fourth-order valence-corrected chi connectivity index (χ4v) is 1.78. The number of rotatable bonds is 4. The molecular formula is C15H15FN2O. The summed E-state index contributed by atoms with van der Waals surface area (Å²) in [6.45, 7) is 0.455. The minimum atomic E-state index is -0.564. The van der Waals surface area contributed by atoms with E-state index < -0.39 is 11.7 Å². The summed E-state index contributed by atoms with van der Waals surface area (Å²) in [5, 5.41) is 2.68. The van der Waals surface area contributed by atoms with Gasteiger partial charge in [0.05, 0.1) is 5.56 Å². The monoisotopic (exact) mass is 258 g/mol. The highest BCUT2D eigenvalue weighted by atomic mass is 19.1. The third-order valence-corrected chi connectivity index (χ3v) is 2.78. The molecule has 0 atom stereocenters. The number of hydrogen-bond donors (Lipinski definition) is 2. The maximum absolute atomic E-state index is 13.5. The van der Waals surface area contributed by atoms with Gasteiger partial charge in [-0.15, -0.1) is 0 Å². The molecule has 3 nitrogen and oxygen atoms in total. The van der Waals surface area contributed by atoms with E-state index in [0.29, 0.717) is 18.7 Å². The predicted octanol–water partition coefficient (Wildman–Crippen LogP) is 2.38. The molecule has 1 amide bonds. The van der Waals surface area contributed by atoms with E-state index in [1.807, 2.05) is 30.3 Å². The van der Waals surface area contributed by atoms with Crippen molar-refractivity contribution in [1.29, 1.82) is 0 Å². The zero-order valence-corrected chi connectivity index (χ0v) is 10.4. The second-order valence-corrected chi connectivity index (χ2v) is 4.23. The van der Waals surface area contributed by atoms with Gasteiger partial charge in [-0.25, -0.2) is 4.39 Å². The molecule has 98 valence electrons. The Morgan fingerprint density at radius 3 is 2.63 bits per heavy atom. The van der Waals surface area contributed by atoms with Crippen LogP contribution in [0.2, 0.25) is 0 Å². The van der Waals surface area contributed by atoms with E-state index in [0.717, 1.165) is 5.56 Å². The Labute approximate surface area is 111 Å². The fourth-order valence-electron chi connectivity index (χ4n) is 1.78. The van der Waals surface area contributed by atoms with Crippen molar-refractivity contribution < 1.29 is 9.18 Å². The highest BCUT2D eigenvalue weighted by molar-refractivity contribution is 5.95. The summed E-state index contributed by atoms with van der Waals surface area (Å²) in [4.78, 5) is 11.8. The molecule has 0 saturated carbocycles. The average Bonchev–Trinajstić information content (AvgIpc) is 2.42. The molecule has 3 N–H and O–H groups in total. The quantitative estimate of drug-likeness (QED) is 0.827. The Hall–Kier alpha value is -2.36. The second-order valence-electron chi connectivity index (χ2n) is 4.23. The summed E-state index contributed by atoms with van der Waals surface area (Å²) >= 11 is 0. The van der Waals surface area contributed by atoms with Gasteiger partial charge in [0.1, 0.15) is 5.82 Å². The van der Waals surface area contributed by atoms with E-state index >= 15 is 0 Å². The van der Waals surface area contributed by atoms with Gasteiger partial charge in [-0.05, 0) is 30.2 Å². The second kappa shape index (κ2) is 6.00. The van der Waals surface area contributed by atoms with Crippen LogP contribution >= 0.6 is 0 Å². The Bertz CT molecular complexity index is 570. The van der Waals surface area contributed by atoms with Crippen LogP contribution < -0.4 is 11.1 Å². The molecule has 0 aliphatic rings. The molecule has 4 heteroatoms. The number of nitrogens with two attached hydrogens (primary N) is 1. The first-order valence-electron chi connectivity index (χ1n) is 6.04. The minimum Gasteiger partial charge on any atom is -0.399 e. The van der Waals surface area contributed by atoms with Crippen molar-refractivity contribution in [2.75, 3.05) is 12.3 Å². The average molecular weight is 258 g/mol. The molecule has 2 aromatic carbocycles. The van der Waals surface area contributed by atoms with Crippen LogP contribution in [-0.2, 0) is 6.42 Å². The van der Waals surface area contributed by atoms with Crippen LogP contribution in [0, 0.1) is 5.82 Å². The predicted molar refractivity (Wildman–Crippen MR) is 73.3 cm³/mol. The summed E-state index contributed by atoms with van der Waals surface area (Å²) in [6, 6.07) is 13.7. The Balaban J connectivity index is 1.93. The zero-order valence-electron chi connectivity index (χ0n) is 10.4. The third kappa shape index (κ3) is 3.55. The fraction of sp³-hybridized carbons (Fsp3) is 0.133. The van der Waals surface area contributed by atoms with Crippen molar-refractivity contribution >= 4 is 11.6 Å². The first-order valence-corrected chi connectivity index (χ1v) is 6.04. The van der Waals surface area contributed by atoms with E-state index in [1.54, 1.807) is 0 Å². The van der Waals surface area contributed by atoms with Crippen molar-refractivity contribution in [2.45, 2.75) is 6.42 Å². The molecule has 0 aromatic heterocycles. The molecule has 0 aliphatic heterocycles. The van der Waals surface area contributed by atoms with Crippen LogP contribution in [0.15, 0.2) is 48.5 Å². The van der Waals surface area contributed by atoms with Crippen LogP contribution in [0.5, 0.6) is 0 Å². The van der Waals surface area contributed by atoms with Crippen LogP contribution in [0.3, 0.4) is 0 Å². The molecule has 19 heavy (non-hydrogen) atoms. The van der Waals surface area contributed by atoms with Crippen molar-refractivity contribution in [3.8, 4) is 0 Å². The lowest BCUT2D eigenvalue weighted by molar-refractivity contribution is 0.0950. The number of carbonyl (C=O) groups excluding carboxylic acids is 1. The van der Waals surface area contributed by atoms with Crippen LogP contribution in [0.25, 0.3) is 0 Å². The number of hydrogen-bond acceptors (Lipinski definition) is 2. The highest BCUT2D eigenvalue weighted by Gasteiger charge is 2.11.